The molecule has 0 aliphatic carbocycles. The summed E-state index contributed by atoms with van der Waals surface area (Å²) in [6.45, 7) is 4.49. The van der Waals surface area contributed by atoms with Gasteiger partial charge in [-0.25, -0.2) is 0 Å². The van der Waals surface area contributed by atoms with E-state index in [4.69, 9.17) is 5.73 Å². The Labute approximate surface area is 153 Å². The number of nitrogens with two attached hydrogens (primary N) is 1. The van der Waals surface area contributed by atoms with Crippen LogP contribution in [-0.2, 0) is 4.79 Å². The minimum absolute atomic E-state index is 0.0835. The Kier molecular flexibility index (Phi) is 5.11. The maximum atomic E-state index is 12.8. The van der Waals surface area contributed by atoms with Gasteiger partial charge in [-0.3, -0.25) is 9.59 Å². The maximum absolute atomic E-state index is 12.8. The summed E-state index contributed by atoms with van der Waals surface area (Å²) in [5.41, 5.74) is 8.79. The molecule has 2 aromatic rings. The number of rotatable bonds is 3. The zero-order chi connectivity index (χ0) is 18.7. The van der Waals surface area contributed by atoms with Crippen molar-refractivity contribution in [2.75, 3.05) is 48.8 Å². The van der Waals surface area contributed by atoms with E-state index in [1.54, 1.807) is 43.1 Å². The van der Waals surface area contributed by atoms with E-state index in [9.17, 15) is 9.59 Å². The molecule has 1 heterocycles. The molecule has 0 saturated carbocycles. The molecule has 136 valence electrons. The number of hydrogen-bond acceptors (Lipinski definition) is 4. The van der Waals surface area contributed by atoms with Crippen LogP contribution in [0, 0.1) is 0 Å². The fourth-order valence-corrected chi connectivity index (χ4v) is 3.21. The van der Waals surface area contributed by atoms with Crippen LogP contribution in [0.25, 0.3) is 0 Å². The van der Waals surface area contributed by atoms with E-state index in [-0.39, 0.29) is 11.8 Å². The quantitative estimate of drug-likeness (QED) is 0.860. The average molecular weight is 352 g/mol. The van der Waals surface area contributed by atoms with Crippen LogP contribution in [0.2, 0.25) is 0 Å². The van der Waals surface area contributed by atoms with Gasteiger partial charge in [0.15, 0.2) is 0 Å². The lowest BCUT2D eigenvalue weighted by Gasteiger charge is -2.37. The summed E-state index contributed by atoms with van der Waals surface area (Å²) in [6, 6.07) is 14.8. The van der Waals surface area contributed by atoms with Crippen molar-refractivity contribution in [3.05, 3.63) is 54.1 Å². The standard InChI is InChI=1S/C20H24N4O2/c1-15(25)23-11-13-24(14-12-23)19-6-4-3-5-18(19)22(2)20(26)16-7-9-17(21)10-8-16/h3-10H,11-14,21H2,1-2H3. The number of carbonyl (C=O) groups excluding carboxylic acids is 2. The van der Waals surface area contributed by atoms with E-state index in [2.05, 4.69) is 4.90 Å². The van der Waals surface area contributed by atoms with Crippen molar-refractivity contribution in [3.8, 4) is 0 Å². The third kappa shape index (κ3) is 3.64. The summed E-state index contributed by atoms with van der Waals surface area (Å²) in [6.07, 6.45) is 0. The molecule has 0 radical (unpaired) electrons. The first kappa shape index (κ1) is 17.8. The predicted molar refractivity (Wildman–Crippen MR) is 104 cm³/mol. The van der Waals surface area contributed by atoms with Gasteiger partial charge >= 0.3 is 0 Å². The van der Waals surface area contributed by atoms with Crippen molar-refractivity contribution in [1.82, 2.24) is 4.90 Å². The summed E-state index contributed by atoms with van der Waals surface area (Å²) < 4.78 is 0. The van der Waals surface area contributed by atoms with Gasteiger partial charge in [-0.15, -0.1) is 0 Å². The molecule has 1 aliphatic heterocycles. The number of piperazine rings is 1. The summed E-state index contributed by atoms with van der Waals surface area (Å²) >= 11 is 0. The Hall–Kier alpha value is -3.02. The van der Waals surface area contributed by atoms with E-state index < -0.39 is 0 Å². The second-order valence-electron chi connectivity index (χ2n) is 6.47. The van der Waals surface area contributed by atoms with Gasteiger partial charge in [0.05, 0.1) is 11.4 Å². The van der Waals surface area contributed by atoms with Crippen molar-refractivity contribution < 1.29 is 9.59 Å². The summed E-state index contributed by atoms with van der Waals surface area (Å²) in [7, 11) is 1.78. The van der Waals surface area contributed by atoms with Gasteiger partial charge in [-0.2, -0.15) is 0 Å². The van der Waals surface area contributed by atoms with Crippen LogP contribution in [-0.4, -0.2) is 49.9 Å². The highest BCUT2D eigenvalue weighted by atomic mass is 16.2. The van der Waals surface area contributed by atoms with Crippen molar-refractivity contribution in [2.45, 2.75) is 6.92 Å². The molecule has 6 heteroatoms. The highest BCUT2D eigenvalue weighted by Crippen LogP contribution is 2.30. The van der Waals surface area contributed by atoms with Gasteiger partial charge in [0.25, 0.3) is 5.91 Å². The molecular weight excluding hydrogens is 328 g/mol. The van der Waals surface area contributed by atoms with Crippen LogP contribution in [0.5, 0.6) is 0 Å². The van der Waals surface area contributed by atoms with E-state index in [0.29, 0.717) is 24.3 Å². The van der Waals surface area contributed by atoms with Gasteiger partial charge in [-0.1, -0.05) is 12.1 Å². The van der Waals surface area contributed by atoms with Gasteiger partial charge in [-0.05, 0) is 36.4 Å². The monoisotopic (exact) mass is 352 g/mol. The van der Waals surface area contributed by atoms with E-state index in [1.165, 1.54) is 0 Å². The number of para-hydroxylation sites is 2. The molecule has 0 bridgehead atoms. The zero-order valence-electron chi connectivity index (χ0n) is 15.2. The first-order chi connectivity index (χ1) is 12.5. The SMILES string of the molecule is CC(=O)N1CCN(c2ccccc2N(C)C(=O)c2ccc(N)cc2)CC1. The molecule has 0 atom stereocenters. The molecule has 2 amide bonds. The Balaban J connectivity index is 1.81. The third-order valence-corrected chi connectivity index (χ3v) is 4.77. The number of hydrogen-bond donors (Lipinski definition) is 1. The minimum Gasteiger partial charge on any atom is -0.399 e. The Morgan fingerprint density at radius 3 is 2.19 bits per heavy atom. The van der Waals surface area contributed by atoms with Gasteiger partial charge < -0.3 is 20.4 Å². The molecule has 0 unspecified atom stereocenters. The zero-order valence-corrected chi connectivity index (χ0v) is 15.2. The van der Waals surface area contributed by atoms with E-state index in [0.717, 1.165) is 24.5 Å². The van der Waals surface area contributed by atoms with Crippen LogP contribution < -0.4 is 15.5 Å². The fourth-order valence-electron chi connectivity index (χ4n) is 3.21. The molecule has 26 heavy (non-hydrogen) atoms. The normalized spacial score (nSPS) is 14.2. The molecule has 2 aromatic carbocycles. The molecule has 1 fully saturated rings. The van der Waals surface area contributed by atoms with Crippen molar-refractivity contribution in [2.24, 2.45) is 0 Å². The second kappa shape index (κ2) is 7.47. The molecule has 6 nitrogen and oxygen atoms in total. The lowest BCUT2D eigenvalue weighted by molar-refractivity contribution is -0.129. The second-order valence-corrected chi connectivity index (χ2v) is 6.47. The maximum Gasteiger partial charge on any atom is 0.258 e. The van der Waals surface area contributed by atoms with Crippen LogP contribution in [0.4, 0.5) is 17.1 Å². The predicted octanol–water partition coefficient (Wildman–Crippen LogP) is 2.21. The van der Waals surface area contributed by atoms with Crippen molar-refractivity contribution in [1.29, 1.82) is 0 Å². The molecule has 2 N–H and O–H groups in total. The topological polar surface area (TPSA) is 69.9 Å². The molecular formula is C20H24N4O2. The van der Waals surface area contributed by atoms with E-state index >= 15 is 0 Å². The number of anilines is 3. The van der Waals surface area contributed by atoms with Gasteiger partial charge in [0.1, 0.15) is 0 Å². The summed E-state index contributed by atoms with van der Waals surface area (Å²) in [5, 5.41) is 0. The van der Waals surface area contributed by atoms with Crippen LogP contribution in [0.3, 0.4) is 0 Å². The van der Waals surface area contributed by atoms with Crippen LogP contribution >= 0.6 is 0 Å². The lowest BCUT2D eigenvalue weighted by Crippen LogP contribution is -2.48. The van der Waals surface area contributed by atoms with Crippen LogP contribution in [0.15, 0.2) is 48.5 Å². The minimum atomic E-state index is -0.0835. The van der Waals surface area contributed by atoms with Crippen molar-refractivity contribution in [3.63, 3.8) is 0 Å². The first-order valence-electron chi connectivity index (χ1n) is 8.70. The average Bonchev–Trinajstić information content (AvgIpc) is 2.67. The highest BCUT2D eigenvalue weighted by Gasteiger charge is 2.23. The molecule has 1 aliphatic rings. The van der Waals surface area contributed by atoms with E-state index in [1.807, 2.05) is 29.2 Å². The summed E-state index contributed by atoms with van der Waals surface area (Å²) in [5.74, 6) is 0.0217. The molecule has 0 spiro atoms. The third-order valence-electron chi connectivity index (χ3n) is 4.77. The Bertz CT molecular complexity index is 796. The lowest BCUT2D eigenvalue weighted by atomic mass is 10.1. The fraction of sp³-hybridized carbons (Fsp3) is 0.300. The number of carbonyl (C=O) groups is 2. The van der Waals surface area contributed by atoms with Crippen molar-refractivity contribution >= 4 is 28.9 Å². The number of benzene rings is 2. The smallest absolute Gasteiger partial charge is 0.258 e. The number of nitrogen functional groups attached to an aromatic ring is 1. The van der Waals surface area contributed by atoms with Gasteiger partial charge in [0, 0.05) is 51.4 Å². The Morgan fingerprint density at radius 1 is 0.962 bits per heavy atom. The number of amides is 2. The number of nitrogens with zero attached hydrogens (tertiary/aromatic N) is 3. The Morgan fingerprint density at radius 2 is 1.58 bits per heavy atom. The highest BCUT2D eigenvalue weighted by molar-refractivity contribution is 6.07. The van der Waals surface area contributed by atoms with Crippen LogP contribution in [0.1, 0.15) is 17.3 Å². The summed E-state index contributed by atoms with van der Waals surface area (Å²) in [4.78, 5) is 30.1. The van der Waals surface area contributed by atoms with Gasteiger partial charge in [0.2, 0.25) is 5.91 Å². The first-order valence-corrected chi connectivity index (χ1v) is 8.70. The molecule has 0 aromatic heterocycles. The molecule has 3 rings (SSSR count). The molecule has 1 saturated heterocycles. The largest absolute Gasteiger partial charge is 0.399 e.